The van der Waals surface area contributed by atoms with Gasteiger partial charge in [-0.05, 0) is 79.4 Å². The van der Waals surface area contributed by atoms with Crippen LogP contribution in [0.25, 0.3) is 0 Å². The molecule has 3 aromatic carbocycles. The number of sulfonamides is 1. The summed E-state index contributed by atoms with van der Waals surface area (Å²) < 4.78 is 52.1. The highest BCUT2D eigenvalue weighted by molar-refractivity contribution is 7.92. The van der Waals surface area contributed by atoms with Crippen molar-refractivity contribution in [2.24, 2.45) is 0 Å². The molecule has 0 saturated carbocycles. The van der Waals surface area contributed by atoms with Crippen LogP contribution in [0.1, 0.15) is 25.3 Å². The largest absolute Gasteiger partial charge is 0.497 e. The summed E-state index contributed by atoms with van der Waals surface area (Å²) in [6.07, 6.45) is 2.26. The zero-order valence-electron chi connectivity index (χ0n) is 20.4. The molecule has 9 heteroatoms. The van der Waals surface area contributed by atoms with Crippen LogP contribution in [-0.2, 0) is 21.2 Å². The van der Waals surface area contributed by atoms with E-state index in [9.17, 15) is 17.6 Å². The molecule has 3 aromatic rings. The number of ether oxygens (including phenoxy) is 2. The highest BCUT2D eigenvalue weighted by Crippen LogP contribution is 2.25. The first-order valence-corrected chi connectivity index (χ1v) is 13.2. The molecule has 0 saturated heterocycles. The van der Waals surface area contributed by atoms with E-state index in [2.05, 4.69) is 5.32 Å². The molecule has 0 aliphatic heterocycles. The number of benzene rings is 3. The van der Waals surface area contributed by atoms with Crippen molar-refractivity contribution in [2.45, 2.75) is 31.1 Å². The van der Waals surface area contributed by atoms with Crippen molar-refractivity contribution in [1.82, 2.24) is 5.32 Å². The molecule has 0 aliphatic rings. The van der Waals surface area contributed by atoms with Gasteiger partial charge in [0.1, 0.15) is 23.9 Å². The predicted octanol–water partition coefficient (Wildman–Crippen LogP) is 4.57. The van der Waals surface area contributed by atoms with Gasteiger partial charge in [0.25, 0.3) is 10.0 Å². The van der Waals surface area contributed by atoms with Crippen molar-refractivity contribution in [1.29, 1.82) is 0 Å². The zero-order chi connectivity index (χ0) is 26.0. The maximum absolute atomic E-state index is 13.5. The highest BCUT2D eigenvalue weighted by atomic mass is 32.2. The lowest BCUT2D eigenvalue weighted by molar-refractivity contribution is -0.119. The number of nitrogens with zero attached hydrogens (tertiary/aromatic N) is 1. The number of carbonyl (C=O) groups excluding carboxylic acids is 1. The Bertz CT molecular complexity index is 1230. The molecule has 0 heterocycles. The quantitative estimate of drug-likeness (QED) is 0.338. The second-order valence-corrected chi connectivity index (χ2v) is 9.94. The van der Waals surface area contributed by atoms with Crippen LogP contribution >= 0.6 is 0 Å². The first-order chi connectivity index (χ1) is 17.3. The Hall–Kier alpha value is -3.59. The number of hydrogen-bond donors (Lipinski definition) is 1. The van der Waals surface area contributed by atoms with E-state index < -0.39 is 28.3 Å². The fraction of sp³-hybridized carbons (Fsp3) is 0.296. The summed E-state index contributed by atoms with van der Waals surface area (Å²) in [5.74, 6) is 0.362. The Labute approximate surface area is 211 Å². The number of nitrogens with one attached hydrogen (secondary N) is 1. The molecule has 192 valence electrons. The van der Waals surface area contributed by atoms with E-state index in [4.69, 9.17) is 9.47 Å². The number of para-hydroxylation sites is 1. The minimum Gasteiger partial charge on any atom is -0.497 e. The Morgan fingerprint density at radius 1 is 1.00 bits per heavy atom. The zero-order valence-corrected chi connectivity index (χ0v) is 21.3. The lowest BCUT2D eigenvalue weighted by Crippen LogP contribution is -2.41. The van der Waals surface area contributed by atoms with Gasteiger partial charge in [-0.3, -0.25) is 9.10 Å². The summed E-state index contributed by atoms with van der Waals surface area (Å²) >= 11 is 0. The minimum atomic E-state index is -4.10. The smallest absolute Gasteiger partial charge is 0.264 e. The van der Waals surface area contributed by atoms with Crippen LogP contribution in [0.4, 0.5) is 10.1 Å². The summed E-state index contributed by atoms with van der Waals surface area (Å²) in [6, 6.07) is 18.6. The highest BCUT2D eigenvalue weighted by Gasteiger charge is 2.27. The van der Waals surface area contributed by atoms with Crippen LogP contribution in [0.3, 0.4) is 0 Å². The molecule has 0 unspecified atom stereocenters. The summed E-state index contributed by atoms with van der Waals surface area (Å²) in [4.78, 5) is 12.7. The van der Waals surface area contributed by atoms with Crippen LogP contribution in [0, 0.1) is 5.82 Å². The fourth-order valence-corrected chi connectivity index (χ4v) is 4.97. The lowest BCUT2D eigenvalue weighted by atomic mass is 10.1. The number of halogens is 1. The summed E-state index contributed by atoms with van der Waals surface area (Å²) in [5.41, 5.74) is 1.24. The molecule has 36 heavy (non-hydrogen) atoms. The molecule has 0 atom stereocenters. The maximum Gasteiger partial charge on any atom is 0.264 e. The number of carbonyl (C=O) groups is 1. The minimum absolute atomic E-state index is 0.0101. The molecular weight excluding hydrogens is 483 g/mol. The van der Waals surface area contributed by atoms with E-state index in [1.165, 1.54) is 43.5 Å². The van der Waals surface area contributed by atoms with Gasteiger partial charge in [0.05, 0.1) is 24.3 Å². The Balaban J connectivity index is 1.67. The van der Waals surface area contributed by atoms with Gasteiger partial charge in [0.15, 0.2) is 0 Å². The average Bonchev–Trinajstić information content (AvgIpc) is 2.89. The van der Waals surface area contributed by atoms with Crippen LogP contribution in [-0.4, -0.2) is 41.1 Å². The summed E-state index contributed by atoms with van der Waals surface area (Å²) in [7, 11) is -2.62. The van der Waals surface area contributed by atoms with E-state index in [1.54, 1.807) is 0 Å². The molecule has 0 aliphatic carbocycles. The first-order valence-electron chi connectivity index (χ1n) is 11.7. The third-order valence-corrected chi connectivity index (χ3v) is 7.22. The van der Waals surface area contributed by atoms with Gasteiger partial charge in [-0.1, -0.05) is 25.1 Å². The van der Waals surface area contributed by atoms with Gasteiger partial charge >= 0.3 is 0 Å². The molecule has 0 fully saturated rings. The van der Waals surface area contributed by atoms with Gasteiger partial charge < -0.3 is 14.8 Å². The van der Waals surface area contributed by atoms with Gasteiger partial charge in [-0.2, -0.15) is 0 Å². The van der Waals surface area contributed by atoms with E-state index in [0.29, 0.717) is 31.7 Å². The predicted molar refractivity (Wildman–Crippen MR) is 137 cm³/mol. The van der Waals surface area contributed by atoms with Crippen molar-refractivity contribution in [3.63, 3.8) is 0 Å². The molecule has 1 amide bonds. The standard InChI is InChI=1S/C27H31FN2O5S/c1-3-19-35-26-9-5-4-7-21(26)8-6-18-29-27(31)20-30(23-12-10-22(28)11-13-23)36(32,33)25-16-14-24(34-2)15-17-25/h4-5,7,9-17H,3,6,8,18-20H2,1-2H3,(H,29,31). The van der Waals surface area contributed by atoms with E-state index >= 15 is 0 Å². The third-order valence-electron chi connectivity index (χ3n) is 5.43. The number of methoxy groups -OCH3 is 1. The molecular formula is C27H31FN2O5S. The fourth-order valence-electron chi connectivity index (χ4n) is 3.55. The lowest BCUT2D eigenvalue weighted by Gasteiger charge is -2.24. The van der Waals surface area contributed by atoms with Gasteiger partial charge in [0, 0.05) is 6.54 Å². The molecule has 0 aromatic heterocycles. The van der Waals surface area contributed by atoms with E-state index in [-0.39, 0.29) is 10.6 Å². The molecule has 0 radical (unpaired) electrons. The van der Waals surface area contributed by atoms with Crippen molar-refractivity contribution in [3.8, 4) is 11.5 Å². The number of amides is 1. The molecule has 0 bridgehead atoms. The number of aryl methyl sites for hydroxylation is 1. The van der Waals surface area contributed by atoms with E-state index in [1.807, 2.05) is 31.2 Å². The van der Waals surface area contributed by atoms with Gasteiger partial charge in [-0.15, -0.1) is 0 Å². The van der Waals surface area contributed by atoms with Crippen molar-refractivity contribution in [3.05, 3.63) is 84.2 Å². The van der Waals surface area contributed by atoms with Crippen LogP contribution in [0.15, 0.2) is 77.7 Å². The number of hydrogen-bond acceptors (Lipinski definition) is 5. The normalized spacial score (nSPS) is 11.1. The second kappa shape index (κ2) is 12.9. The SMILES string of the molecule is CCCOc1ccccc1CCCNC(=O)CN(c1ccc(F)cc1)S(=O)(=O)c1ccc(OC)cc1. The monoisotopic (exact) mass is 514 g/mol. The van der Waals surface area contributed by atoms with Gasteiger partial charge in [-0.25, -0.2) is 12.8 Å². The summed E-state index contributed by atoms with van der Waals surface area (Å²) in [6.45, 7) is 2.59. The van der Waals surface area contributed by atoms with Crippen LogP contribution in [0.2, 0.25) is 0 Å². The second-order valence-electron chi connectivity index (χ2n) is 8.07. The number of rotatable bonds is 13. The summed E-state index contributed by atoms with van der Waals surface area (Å²) in [5, 5.41) is 2.79. The number of anilines is 1. The maximum atomic E-state index is 13.5. The van der Waals surface area contributed by atoms with Gasteiger partial charge in [0.2, 0.25) is 5.91 Å². The topological polar surface area (TPSA) is 84.9 Å². The molecule has 0 spiro atoms. The van der Waals surface area contributed by atoms with E-state index in [0.717, 1.165) is 34.2 Å². The first kappa shape index (κ1) is 27.0. The van der Waals surface area contributed by atoms with Crippen molar-refractivity contribution >= 4 is 21.6 Å². The van der Waals surface area contributed by atoms with Crippen LogP contribution in [0.5, 0.6) is 11.5 Å². The average molecular weight is 515 g/mol. The Morgan fingerprint density at radius 2 is 1.69 bits per heavy atom. The molecule has 7 nitrogen and oxygen atoms in total. The molecule has 3 rings (SSSR count). The van der Waals surface area contributed by atoms with Crippen LogP contribution < -0.4 is 19.1 Å². The van der Waals surface area contributed by atoms with Crippen molar-refractivity contribution < 1.29 is 27.1 Å². The Kier molecular flexibility index (Phi) is 9.69. The Morgan fingerprint density at radius 3 is 2.36 bits per heavy atom. The third kappa shape index (κ3) is 7.21. The molecule has 1 N–H and O–H groups in total. The van der Waals surface area contributed by atoms with Crippen molar-refractivity contribution in [2.75, 3.05) is 31.1 Å².